The number of aryl methyl sites for hydroxylation is 1. The molecule has 2 rings (SSSR count). The number of aromatic nitrogens is 1. The molecule has 146 valence electrons. The summed E-state index contributed by atoms with van der Waals surface area (Å²) in [4.78, 5) is 25.3. The number of hydrogen-bond acceptors (Lipinski definition) is 2. The second-order valence-corrected chi connectivity index (χ2v) is 7.87. The van der Waals surface area contributed by atoms with Gasteiger partial charge in [0.25, 0.3) is 5.91 Å². The number of benzene rings is 1. The van der Waals surface area contributed by atoms with E-state index in [9.17, 15) is 9.59 Å². The van der Waals surface area contributed by atoms with Gasteiger partial charge in [0.15, 0.2) is 0 Å². The standard InChI is InChI=1S/C20H25Cl2N3O2/c1-12(2)9-18(20(27)23-11-15-7-5-13(3)25(15)4)24-19(26)16-8-6-14(21)10-17(16)22/h5-8,10,12,18H,9,11H2,1-4H3,(H,23,27)(H,24,26). The summed E-state index contributed by atoms with van der Waals surface area (Å²) >= 11 is 12.0. The first-order valence-corrected chi connectivity index (χ1v) is 9.59. The van der Waals surface area contributed by atoms with Gasteiger partial charge in [-0.15, -0.1) is 0 Å². The Morgan fingerprint density at radius 2 is 1.85 bits per heavy atom. The van der Waals surface area contributed by atoms with Crippen molar-refractivity contribution in [3.05, 3.63) is 57.3 Å². The number of carbonyl (C=O) groups is 2. The van der Waals surface area contributed by atoms with Crippen molar-refractivity contribution in [3.8, 4) is 0 Å². The lowest BCUT2D eigenvalue weighted by molar-refractivity contribution is -0.123. The van der Waals surface area contributed by atoms with Crippen LogP contribution < -0.4 is 10.6 Å². The molecule has 5 nitrogen and oxygen atoms in total. The van der Waals surface area contributed by atoms with Gasteiger partial charge in [0.05, 0.1) is 17.1 Å². The van der Waals surface area contributed by atoms with Gasteiger partial charge in [-0.1, -0.05) is 37.0 Å². The third kappa shape index (κ3) is 5.75. The van der Waals surface area contributed by atoms with Crippen molar-refractivity contribution >= 4 is 35.0 Å². The minimum Gasteiger partial charge on any atom is -0.350 e. The van der Waals surface area contributed by atoms with E-state index in [2.05, 4.69) is 10.6 Å². The molecular formula is C20H25Cl2N3O2. The maximum atomic E-state index is 12.7. The average molecular weight is 410 g/mol. The van der Waals surface area contributed by atoms with E-state index in [1.165, 1.54) is 6.07 Å². The summed E-state index contributed by atoms with van der Waals surface area (Å²) in [6, 6.07) is 7.98. The third-order valence-electron chi connectivity index (χ3n) is 4.43. The SMILES string of the molecule is Cc1ccc(CNC(=O)C(CC(C)C)NC(=O)c2ccc(Cl)cc2Cl)n1C. The van der Waals surface area contributed by atoms with Crippen LogP contribution in [0.3, 0.4) is 0 Å². The van der Waals surface area contributed by atoms with Crippen LogP contribution in [-0.2, 0) is 18.4 Å². The highest BCUT2D eigenvalue weighted by atomic mass is 35.5. The molecular weight excluding hydrogens is 385 g/mol. The Balaban J connectivity index is 2.08. The summed E-state index contributed by atoms with van der Waals surface area (Å²) < 4.78 is 2.02. The summed E-state index contributed by atoms with van der Waals surface area (Å²) in [5.74, 6) is -0.382. The van der Waals surface area contributed by atoms with Crippen molar-refractivity contribution < 1.29 is 9.59 Å². The first-order valence-electron chi connectivity index (χ1n) is 8.84. The Bertz CT molecular complexity index is 831. The van der Waals surface area contributed by atoms with E-state index in [0.29, 0.717) is 23.6 Å². The molecule has 0 aliphatic rings. The van der Waals surface area contributed by atoms with Crippen LogP contribution in [-0.4, -0.2) is 22.4 Å². The van der Waals surface area contributed by atoms with Crippen molar-refractivity contribution in [1.29, 1.82) is 0 Å². The number of carbonyl (C=O) groups excluding carboxylic acids is 2. The fourth-order valence-electron chi connectivity index (χ4n) is 2.76. The van der Waals surface area contributed by atoms with Crippen molar-refractivity contribution in [2.24, 2.45) is 13.0 Å². The zero-order valence-electron chi connectivity index (χ0n) is 16.0. The van der Waals surface area contributed by atoms with E-state index >= 15 is 0 Å². The van der Waals surface area contributed by atoms with E-state index in [1.54, 1.807) is 12.1 Å². The molecule has 0 fully saturated rings. The van der Waals surface area contributed by atoms with Gasteiger partial charge in [0, 0.05) is 23.5 Å². The Kier molecular flexibility index (Phi) is 7.33. The van der Waals surface area contributed by atoms with Crippen LogP contribution in [0.15, 0.2) is 30.3 Å². The van der Waals surface area contributed by atoms with Crippen molar-refractivity contribution in [2.75, 3.05) is 0 Å². The first kappa shape index (κ1) is 21.3. The normalized spacial score (nSPS) is 12.1. The summed E-state index contributed by atoms with van der Waals surface area (Å²) in [6.07, 6.45) is 0.523. The summed E-state index contributed by atoms with van der Waals surface area (Å²) in [6.45, 7) is 6.41. The molecule has 1 aromatic carbocycles. The first-order chi connectivity index (χ1) is 12.7. The summed E-state index contributed by atoms with van der Waals surface area (Å²) in [7, 11) is 1.95. The largest absolute Gasteiger partial charge is 0.350 e. The monoisotopic (exact) mass is 409 g/mol. The molecule has 2 aromatic rings. The molecule has 2 amide bonds. The van der Waals surface area contributed by atoms with Gasteiger partial charge in [0.1, 0.15) is 6.04 Å². The predicted molar refractivity (Wildman–Crippen MR) is 109 cm³/mol. The molecule has 0 radical (unpaired) electrons. The lowest BCUT2D eigenvalue weighted by atomic mass is 10.0. The number of nitrogens with one attached hydrogen (secondary N) is 2. The van der Waals surface area contributed by atoms with Crippen LogP contribution in [0.2, 0.25) is 10.0 Å². The van der Waals surface area contributed by atoms with Crippen LogP contribution in [0, 0.1) is 12.8 Å². The number of halogens is 2. The van der Waals surface area contributed by atoms with Crippen LogP contribution in [0.25, 0.3) is 0 Å². The second-order valence-electron chi connectivity index (χ2n) is 7.02. The van der Waals surface area contributed by atoms with Gasteiger partial charge in [-0.25, -0.2) is 0 Å². The molecule has 0 bridgehead atoms. The lowest BCUT2D eigenvalue weighted by Gasteiger charge is -2.21. The van der Waals surface area contributed by atoms with Gasteiger partial charge in [-0.05, 0) is 49.6 Å². The quantitative estimate of drug-likeness (QED) is 0.722. The van der Waals surface area contributed by atoms with E-state index in [1.807, 2.05) is 44.5 Å². The van der Waals surface area contributed by atoms with Crippen molar-refractivity contribution in [1.82, 2.24) is 15.2 Å². The molecule has 1 heterocycles. The van der Waals surface area contributed by atoms with E-state index < -0.39 is 11.9 Å². The van der Waals surface area contributed by atoms with Crippen molar-refractivity contribution in [3.63, 3.8) is 0 Å². The molecule has 0 aliphatic carbocycles. The molecule has 1 unspecified atom stereocenters. The summed E-state index contributed by atoms with van der Waals surface area (Å²) in [5.41, 5.74) is 2.40. The van der Waals surface area contributed by atoms with Crippen LogP contribution in [0.5, 0.6) is 0 Å². The highest BCUT2D eigenvalue weighted by Crippen LogP contribution is 2.21. The number of nitrogens with zero attached hydrogens (tertiary/aromatic N) is 1. The predicted octanol–water partition coefficient (Wildman–Crippen LogP) is 4.10. The minimum atomic E-state index is -0.648. The third-order valence-corrected chi connectivity index (χ3v) is 4.97. The smallest absolute Gasteiger partial charge is 0.253 e. The Labute approximate surface area is 170 Å². The number of rotatable bonds is 7. The number of amides is 2. The second kappa shape index (κ2) is 9.29. The zero-order chi connectivity index (χ0) is 20.1. The van der Waals surface area contributed by atoms with Crippen LogP contribution in [0.1, 0.15) is 42.0 Å². The molecule has 1 aromatic heterocycles. The van der Waals surface area contributed by atoms with Crippen molar-refractivity contribution in [2.45, 2.75) is 39.8 Å². The Morgan fingerprint density at radius 3 is 2.41 bits per heavy atom. The maximum Gasteiger partial charge on any atom is 0.253 e. The molecule has 0 saturated carbocycles. The Morgan fingerprint density at radius 1 is 1.15 bits per heavy atom. The van der Waals surface area contributed by atoms with E-state index in [0.717, 1.165) is 11.4 Å². The van der Waals surface area contributed by atoms with Gasteiger partial charge in [0.2, 0.25) is 5.91 Å². The van der Waals surface area contributed by atoms with Crippen LogP contribution >= 0.6 is 23.2 Å². The fraction of sp³-hybridized carbons (Fsp3) is 0.400. The topological polar surface area (TPSA) is 63.1 Å². The average Bonchev–Trinajstić information content (AvgIpc) is 2.90. The highest BCUT2D eigenvalue weighted by molar-refractivity contribution is 6.36. The molecule has 0 saturated heterocycles. The highest BCUT2D eigenvalue weighted by Gasteiger charge is 2.23. The molecule has 7 heteroatoms. The van der Waals surface area contributed by atoms with Gasteiger partial charge < -0.3 is 15.2 Å². The lowest BCUT2D eigenvalue weighted by Crippen LogP contribution is -2.47. The van der Waals surface area contributed by atoms with E-state index in [-0.39, 0.29) is 16.8 Å². The molecule has 0 aliphatic heterocycles. The zero-order valence-corrected chi connectivity index (χ0v) is 17.5. The molecule has 1 atom stereocenters. The van der Waals surface area contributed by atoms with Gasteiger partial charge in [-0.3, -0.25) is 9.59 Å². The maximum absolute atomic E-state index is 12.7. The molecule has 2 N–H and O–H groups in total. The minimum absolute atomic E-state index is 0.221. The summed E-state index contributed by atoms with van der Waals surface area (Å²) in [5, 5.41) is 6.41. The van der Waals surface area contributed by atoms with Gasteiger partial charge >= 0.3 is 0 Å². The fourth-order valence-corrected chi connectivity index (χ4v) is 3.25. The van der Waals surface area contributed by atoms with E-state index in [4.69, 9.17) is 23.2 Å². The molecule has 0 spiro atoms. The Hall–Kier alpha value is -1.98. The van der Waals surface area contributed by atoms with Crippen LogP contribution in [0.4, 0.5) is 0 Å². The number of hydrogen-bond donors (Lipinski definition) is 2. The molecule has 27 heavy (non-hydrogen) atoms. The van der Waals surface area contributed by atoms with Gasteiger partial charge in [-0.2, -0.15) is 0 Å².